The molecule has 6 heteroatoms. The number of carbonyl (C=O) groups is 1. The maximum absolute atomic E-state index is 11.3. The van der Waals surface area contributed by atoms with Crippen LogP contribution in [0.1, 0.15) is 17.3 Å². The number of hydrogen-bond donors (Lipinski definition) is 0. The van der Waals surface area contributed by atoms with Gasteiger partial charge in [-0.3, -0.25) is 14.9 Å². The number of rotatable bonds is 5. The average molecular weight is 287 g/mol. The molecule has 0 spiro atoms. The molecule has 0 amide bonds. The van der Waals surface area contributed by atoms with Gasteiger partial charge in [-0.2, -0.15) is 0 Å². The van der Waals surface area contributed by atoms with Gasteiger partial charge in [0.15, 0.2) is 5.78 Å². The number of methoxy groups -OCH3 is 1. The van der Waals surface area contributed by atoms with E-state index in [9.17, 15) is 14.9 Å². The fourth-order valence-electron chi connectivity index (χ4n) is 1.74. The van der Waals surface area contributed by atoms with Crippen LogP contribution in [0.5, 0.6) is 17.2 Å². The lowest BCUT2D eigenvalue weighted by atomic mass is 10.1. The van der Waals surface area contributed by atoms with Gasteiger partial charge in [-0.1, -0.05) is 0 Å². The van der Waals surface area contributed by atoms with E-state index in [1.54, 1.807) is 31.4 Å². The van der Waals surface area contributed by atoms with Crippen molar-refractivity contribution in [1.82, 2.24) is 0 Å². The quantitative estimate of drug-likeness (QED) is 0.477. The number of nitro benzene ring substituents is 1. The summed E-state index contributed by atoms with van der Waals surface area (Å²) in [5.74, 6) is 0.933. The Bertz CT molecular complexity index is 679. The predicted octanol–water partition coefficient (Wildman–Crippen LogP) is 3.60. The molecule has 0 aliphatic heterocycles. The Balaban J connectivity index is 2.34. The number of ketones is 1. The van der Waals surface area contributed by atoms with E-state index in [1.165, 1.54) is 25.1 Å². The average Bonchev–Trinajstić information content (AvgIpc) is 2.48. The maximum Gasteiger partial charge on any atom is 0.312 e. The molecule has 0 radical (unpaired) electrons. The summed E-state index contributed by atoms with van der Waals surface area (Å²) in [6, 6.07) is 10.8. The SMILES string of the molecule is COc1ccc(Oc2ccc(C(C)=O)cc2[N+](=O)[O-])cc1. The van der Waals surface area contributed by atoms with Crippen molar-refractivity contribution in [1.29, 1.82) is 0 Å². The zero-order chi connectivity index (χ0) is 15.4. The Morgan fingerprint density at radius 1 is 1.10 bits per heavy atom. The smallest absolute Gasteiger partial charge is 0.312 e. The molecule has 0 atom stereocenters. The molecule has 0 aliphatic carbocycles. The van der Waals surface area contributed by atoms with E-state index in [4.69, 9.17) is 9.47 Å². The summed E-state index contributed by atoms with van der Waals surface area (Å²) < 4.78 is 10.5. The normalized spacial score (nSPS) is 10.0. The van der Waals surface area contributed by atoms with Crippen LogP contribution >= 0.6 is 0 Å². The summed E-state index contributed by atoms with van der Waals surface area (Å²) in [5.41, 5.74) is 0.0160. The highest BCUT2D eigenvalue weighted by Gasteiger charge is 2.18. The molecule has 108 valence electrons. The van der Waals surface area contributed by atoms with E-state index in [2.05, 4.69) is 0 Å². The third-order valence-corrected chi connectivity index (χ3v) is 2.85. The van der Waals surface area contributed by atoms with Crippen molar-refractivity contribution >= 4 is 11.5 Å². The predicted molar refractivity (Wildman–Crippen MR) is 76.2 cm³/mol. The fraction of sp³-hybridized carbons (Fsp3) is 0.133. The highest BCUT2D eigenvalue weighted by molar-refractivity contribution is 5.95. The van der Waals surface area contributed by atoms with E-state index < -0.39 is 4.92 Å². The van der Waals surface area contributed by atoms with Crippen LogP contribution in [0.25, 0.3) is 0 Å². The molecule has 2 rings (SSSR count). The number of Topliss-reactive ketones (excluding diaryl/α,β-unsaturated/α-hetero) is 1. The zero-order valence-corrected chi connectivity index (χ0v) is 11.5. The van der Waals surface area contributed by atoms with Crippen molar-refractivity contribution in [2.45, 2.75) is 6.92 Å². The van der Waals surface area contributed by atoms with Gasteiger partial charge in [0, 0.05) is 11.6 Å². The Kier molecular flexibility index (Phi) is 4.18. The molecule has 0 saturated heterocycles. The molecule has 6 nitrogen and oxygen atoms in total. The second-order valence-electron chi connectivity index (χ2n) is 4.27. The summed E-state index contributed by atoms with van der Waals surface area (Å²) >= 11 is 0. The van der Waals surface area contributed by atoms with Gasteiger partial charge in [0.2, 0.25) is 5.75 Å². The number of nitrogens with zero attached hydrogens (tertiary/aromatic N) is 1. The first-order valence-corrected chi connectivity index (χ1v) is 6.12. The van der Waals surface area contributed by atoms with Gasteiger partial charge in [-0.15, -0.1) is 0 Å². The lowest BCUT2D eigenvalue weighted by molar-refractivity contribution is -0.385. The van der Waals surface area contributed by atoms with Crippen molar-refractivity contribution in [3.05, 3.63) is 58.1 Å². The molecule has 0 unspecified atom stereocenters. The lowest BCUT2D eigenvalue weighted by Crippen LogP contribution is -1.98. The van der Waals surface area contributed by atoms with Crippen LogP contribution in [0.15, 0.2) is 42.5 Å². The number of nitro groups is 1. The number of ether oxygens (including phenoxy) is 2. The van der Waals surface area contributed by atoms with Crippen molar-refractivity contribution in [3.63, 3.8) is 0 Å². The standard InChI is InChI=1S/C15H13NO5/c1-10(17)11-3-8-15(14(9-11)16(18)19)21-13-6-4-12(20-2)5-7-13/h3-9H,1-2H3. The number of benzene rings is 2. The molecule has 21 heavy (non-hydrogen) atoms. The second-order valence-corrected chi connectivity index (χ2v) is 4.27. The van der Waals surface area contributed by atoms with Crippen molar-refractivity contribution < 1.29 is 19.2 Å². The first-order chi connectivity index (χ1) is 10.0. The molecular formula is C15H13NO5. The van der Waals surface area contributed by atoms with Gasteiger partial charge in [0.25, 0.3) is 0 Å². The highest BCUT2D eigenvalue weighted by Crippen LogP contribution is 2.32. The van der Waals surface area contributed by atoms with Crippen LogP contribution in [-0.2, 0) is 0 Å². The monoisotopic (exact) mass is 287 g/mol. The summed E-state index contributed by atoms with van der Waals surface area (Å²) in [4.78, 5) is 21.8. The van der Waals surface area contributed by atoms with Gasteiger partial charge < -0.3 is 9.47 Å². The van der Waals surface area contributed by atoms with Crippen LogP contribution in [0.4, 0.5) is 5.69 Å². The third-order valence-electron chi connectivity index (χ3n) is 2.85. The summed E-state index contributed by atoms with van der Waals surface area (Å²) in [6.07, 6.45) is 0. The van der Waals surface area contributed by atoms with Crippen LogP contribution in [0, 0.1) is 10.1 Å². The van der Waals surface area contributed by atoms with Crippen molar-refractivity contribution in [3.8, 4) is 17.2 Å². The second kappa shape index (κ2) is 6.04. The van der Waals surface area contributed by atoms with Crippen molar-refractivity contribution in [2.24, 2.45) is 0 Å². The van der Waals surface area contributed by atoms with E-state index in [-0.39, 0.29) is 22.8 Å². The Morgan fingerprint density at radius 3 is 2.24 bits per heavy atom. The molecule has 0 aliphatic rings. The third kappa shape index (κ3) is 3.36. The summed E-state index contributed by atoms with van der Waals surface area (Å²) in [6.45, 7) is 1.35. The zero-order valence-electron chi connectivity index (χ0n) is 11.5. The molecular weight excluding hydrogens is 274 g/mol. The highest BCUT2D eigenvalue weighted by atomic mass is 16.6. The van der Waals surface area contributed by atoms with E-state index >= 15 is 0 Å². The summed E-state index contributed by atoms with van der Waals surface area (Å²) in [7, 11) is 1.54. The van der Waals surface area contributed by atoms with E-state index in [0.29, 0.717) is 11.5 Å². The molecule has 2 aromatic carbocycles. The first-order valence-electron chi connectivity index (χ1n) is 6.12. The fourth-order valence-corrected chi connectivity index (χ4v) is 1.74. The van der Waals surface area contributed by atoms with Gasteiger partial charge in [-0.05, 0) is 43.3 Å². The van der Waals surface area contributed by atoms with Gasteiger partial charge in [0.05, 0.1) is 12.0 Å². The molecule has 0 fully saturated rings. The lowest BCUT2D eigenvalue weighted by Gasteiger charge is -2.08. The van der Waals surface area contributed by atoms with Crippen molar-refractivity contribution in [2.75, 3.05) is 7.11 Å². The summed E-state index contributed by atoms with van der Waals surface area (Å²) in [5, 5.41) is 11.1. The number of carbonyl (C=O) groups excluding carboxylic acids is 1. The number of hydrogen-bond acceptors (Lipinski definition) is 5. The molecule has 0 saturated carbocycles. The van der Waals surface area contributed by atoms with E-state index in [1.807, 2.05) is 0 Å². The minimum atomic E-state index is -0.578. The van der Waals surface area contributed by atoms with Crippen LogP contribution in [-0.4, -0.2) is 17.8 Å². The Morgan fingerprint density at radius 2 is 1.71 bits per heavy atom. The maximum atomic E-state index is 11.3. The van der Waals surface area contributed by atoms with Gasteiger partial charge in [-0.25, -0.2) is 0 Å². The topological polar surface area (TPSA) is 78.7 Å². The van der Waals surface area contributed by atoms with Crippen LogP contribution in [0.2, 0.25) is 0 Å². The molecule has 0 aromatic heterocycles. The first kappa shape index (κ1) is 14.5. The minimum Gasteiger partial charge on any atom is -0.497 e. The van der Waals surface area contributed by atoms with E-state index in [0.717, 1.165) is 0 Å². The Labute approximate surface area is 121 Å². The molecule has 0 N–H and O–H groups in total. The molecule has 0 heterocycles. The van der Waals surface area contributed by atoms with Gasteiger partial charge in [0.1, 0.15) is 11.5 Å². The minimum absolute atomic E-state index is 0.0789. The largest absolute Gasteiger partial charge is 0.497 e. The molecule has 0 bridgehead atoms. The Hall–Kier alpha value is -2.89. The molecule has 2 aromatic rings. The van der Waals surface area contributed by atoms with Crippen LogP contribution < -0.4 is 9.47 Å². The van der Waals surface area contributed by atoms with Crippen LogP contribution in [0.3, 0.4) is 0 Å². The van der Waals surface area contributed by atoms with Gasteiger partial charge >= 0.3 is 5.69 Å².